The molecule has 12 aromatic rings. The molecule has 11 heteroatoms. The molecule has 0 N–H and O–H groups in total. The van der Waals surface area contributed by atoms with E-state index in [9.17, 15) is 25.9 Å². The van der Waals surface area contributed by atoms with Crippen molar-refractivity contribution in [1.29, 1.82) is 0 Å². The van der Waals surface area contributed by atoms with Crippen LogP contribution in [0.25, 0.3) is 55.6 Å². The summed E-state index contributed by atoms with van der Waals surface area (Å²) in [6, 6.07) is 107. The smallest absolute Gasteiger partial charge is 0.174 e. The summed E-state index contributed by atoms with van der Waals surface area (Å²) in [4.78, 5) is 8.56. The molecule has 0 radical (unpaired) electrons. The molecule has 0 spiro atoms. The van der Waals surface area contributed by atoms with Gasteiger partial charge in [0.25, 0.3) is 0 Å². The van der Waals surface area contributed by atoms with E-state index in [2.05, 4.69) is 261 Å². The van der Waals surface area contributed by atoms with E-state index in [0.29, 0.717) is 0 Å². The molecule has 0 aromatic heterocycles. The maximum atomic E-state index is 10.4. The lowest BCUT2D eigenvalue weighted by Gasteiger charge is -2.14. The van der Waals surface area contributed by atoms with Gasteiger partial charge in [-0.2, -0.15) is 0 Å². The molecule has 1 unspecified atom stereocenters. The number of hydrogen-bond acceptors (Lipinski definition) is 7. The lowest BCUT2D eigenvalue weighted by Crippen LogP contribution is -2.06. The first kappa shape index (κ1) is 59.7. The van der Waals surface area contributed by atoms with Crippen molar-refractivity contribution in [1.82, 2.24) is 0 Å². The molecule has 0 aliphatic rings. The Morgan fingerprint density at radius 3 is 1.19 bits per heavy atom. The maximum absolute atomic E-state index is 10.4. The van der Waals surface area contributed by atoms with Crippen LogP contribution in [-0.2, 0) is 42.9 Å². The van der Waals surface area contributed by atoms with Crippen LogP contribution in [0.5, 0.6) is 0 Å². The SMILES string of the molecule is Cc1ccc(S(=O)(=O)[O-])cc1.Cc1ccc(S(=O)(=O)[O-])cc1.c1ccc(-c2ccc(-c3ccccc3[SH+]c3ccc(-c4ccccc4)c(Sc4ccc([S+](c5ccc(-c6ccccc6)cc5)c5ccccc5-c5ccccc5)cc4)c3)cc2)cc1. The zero-order valence-electron chi connectivity index (χ0n) is 46.5. The Morgan fingerprint density at radius 1 is 0.341 bits per heavy atom. The highest BCUT2D eigenvalue weighted by atomic mass is 32.2. The summed E-state index contributed by atoms with van der Waals surface area (Å²) in [6.07, 6.45) is 0. The van der Waals surface area contributed by atoms with E-state index in [1.807, 2.05) is 25.6 Å². The van der Waals surface area contributed by atoms with Gasteiger partial charge in [-0.1, -0.05) is 217 Å². The van der Waals surface area contributed by atoms with Crippen molar-refractivity contribution in [2.24, 2.45) is 0 Å². The Hall–Kier alpha value is -8.49. The Labute approximate surface area is 510 Å². The minimum absolute atomic E-state index is 0.178. The van der Waals surface area contributed by atoms with Crippen LogP contribution in [0.4, 0.5) is 0 Å². The van der Waals surface area contributed by atoms with Crippen molar-refractivity contribution in [3.8, 4) is 55.6 Å². The van der Waals surface area contributed by atoms with Crippen molar-refractivity contribution < 1.29 is 25.9 Å². The first-order valence-corrected chi connectivity index (χ1v) is 33.0. The molecular weight excluding hydrogens is 1150 g/mol. The van der Waals surface area contributed by atoms with Gasteiger partial charge in [0.05, 0.1) is 20.7 Å². The monoisotopic (exact) mass is 1200 g/mol. The third-order valence-corrected chi connectivity index (χ3v) is 20.0. The molecule has 0 aliphatic heterocycles. The number of benzene rings is 12. The Morgan fingerprint density at radius 2 is 0.706 bits per heavy atom. The molecule has 0 heterocycles. The van der Waals surface area contributed by atoms with Gasteiger partial charge in [-0.15, -0.1) is 0 Å². The highest BCUT2D eigenvalue weighted by Gasteiger charge is 2.32. The summed E-state index contributed by atoms with van der Waals surface area (Å²) in [5.41, 5.74) is 14.2. The lowest BCUT2D eigenvalue weighted by atomic mass is 10.0. The third-order valence-electron chi connectivity index (χ3n) is 13.8. The van der Waals surface area contributed by atoms with Crippen molar-refractivity contribution in [2.45, 2.75) is 57.9 Å². The van der Waals surface area contributed by atoms with Crippen LogP contribution in [-0.4, -0.2) is 25.9 Å². The molecule has 85 heavy (non-hydrogen) atoms. The number of aryl methyl sites for hydroxylation is 2. The predicted octanol–water partition coefficient (Wildman–Crippen LogP) is 18.3. The normalized spacial score (nSPS) is 11.5. The number of thiol groups is 1. The Kier molecular flexibility index (Phi) is 19.6. The van der Waals surface area contributed by atoms with E-state index in [1.54, 1.807) is 24.3 Å². The van der Waals surface area contributed by atoms with Gasteiger partial charge in [0.1, 0.15) is 20.2 Å². The van der Waals surface area contributed by atoms with Gasteiger partial charge in [-0.05, 0) is 168 Å². The minimum atomic E-state index is -4.27. The molecule has 0 aliphatic carbocycles. The van der Waals surface area contributed by atoms with Crippen molar-refractivity contribution in [3.63, 3.8) is 0 Å². The molecule has 0 saturated heterocycles. The van der Waals surface area contributed by atoms with E-state index in [4.69, 9.17) is 0 Å². The molecule has 12 aromatic carbocycles. The third kappa shape index (κ3) is 15.8. The molecule has 0 fully saturated rings. The number of hydrogen-bond donors (Lipinski definition) is 0. The van der Waals surface area contributed by atoms with E-state index in [-0.39, 0.29) is 20.7 Å². The quantitative estimate of drug-likeness (QED) is 0.0605. The largest absolute Gasteiger partial charge is 0.744 e. The highest BCUT2D eigenvalue weighted by molar-refractivity contribution is 7.99. The van der Waals surface area contributed by atoms with Crippen molar-refractivity contribution in [2.75, 3.05) is 0 Å². The lowest BCUT2D eigenvalue weighted by molar-refractivity contribution is 0.461. The fourth-order valence-corrected chi connectivity index (χ4v) is 14.8. The van der Waals surface area contributed by atoms with Crippen LogP contribution < -0.4 is 0 Å². The summed E-state index contributed by atoms with van der Waals surface area (Å²) in [6.45, 7) is 3.64. The first-order valence-electron chi connectivity index (χ1n) is 27.3. The fourth-order valence-electron chi connectivity index (χ4n) is 9.43. The van der Waals surface area contributed by atoms with Gasteiger partial charge in [0, 0.05) is 38.7 Å². The molecular formula is C74H58O6S5. The minimum Gasteiger partial charge on any atom is -0.744 e. The highest BCUT2D eigenvalue weighted by Crippen LogP contribution is 2.42. The molecule has 12 rings (SSSR count). The average Bonchev–Trinajstić information content (AvgIpc) is 3.35. The predicted molar refractivity (Wildman–Crippen MR) is 349 cm³/mol. The van der Waals surface area contributed by atoms with Gasteiger partial charge >= 0.3 is 0 Å². The van der Waals surface area contributed by atoms with E-state index in [1.165, 1.54) is 126 Å². The second-order valence-corrected chi connectivity index (χ2v) is 26.9. The molecule has 0 saturated carbocycles. The van der Waals surface area contributed by atoms with Crippen LogP contribution in [0.1, 0.15) is 11.1 Å². The molecule has 420 valence electrons. The topological polar surface area (TPSA) is 114 Å². The Balaban J connectivity index is 0.000000305. The molecule has 0 bridgehead atoms. The van der Waals surface area contributed by atoms with E-state index in [0.717, 1.165) is 11.1 Å². The zero-order chi connectivity index (χ0) is 59.2. The van der Waals surface area contributed by atoms with E-state index < -0.39 is 20.2 Å². The fraction of sp³-hybridized carbons (Fsp3) is 0.0270. The second-order valence-electron chi connectivity index (χ2n) is 19.8. The summed E-state index contributed by atoms with van der Waals surface area (Å²) in [7, 11) is -8.89. The van der Waals surface area contributed by atoms with Crippen LogP contribution in [0.3, 0.4) is 0 Å². The molecule has 0 amide bonds. The van der Waals surface area contributed by atoms with E-state index >= 15 is 0 Å². The number of rotatable bonds is 14. The summed E-state index contributed by atoms with van der Waals surface area (Å²) in [5.74, 6) is 0. The summed E-state index contributed by atoms with van der Waals surface area (Å²) in [5, 5.41) is 0. The van der Waals surface area contributed by atoms with Gasteiger partial charge in [-0.25, -0.2) is 16.8 Å². The van der Waals surface area contributed by atoms with Gasteiger partial charge in [0.2, 0.25) is 0 Å². The average molecular weight is 1200 g/mol. The van der Waals surface area contributed by atoms with Crippen LogP contribution in [0.15, 0.2) is 353 Å². The van der Waals surface area contributed by atoms with Crippen LogP contribution in [0, 0.1) is 13.8 Å². The second kappa shape index (κ2) is 27.9. The van der Waals surface area contributed by atoms with Crippen molar-refractivity contribution in [3.05, 3.63) is 321 Å². The van der Waals surface area contributed by atoms with Gasteiger partial charge < -0.3 is 9.11 Å². The van der Waals surface area contributed by atoms with Gasteiger partial charge in [0.15, 0.2) is 24.5 Å². The Bertz CT molecular complexity index is 4290. The zero-order valence-corrected chi connectivity index (χ0v) is 50.6. The van der Waals surface area contributed by atoms with Crippen LogP contribution >= 0.6 is 11.8 Å². The standard InChI is InChI=1S/C60H43S3.2C7H8O3S/c1-5-17-44(18-6-1)46-29-31-50(32-30-46)55-25-13-15-27-58(55)62-52-37-42-56(48-21-9-3-10-22-48)59(43-52)61-51-35-40-54(41-36-51)63(53-38-33-47(34-39-53)45-19-7-2-8-20-45)60-28-16-14-26-57(60)49-23-11-4-12-24-49;2*1-6-2-4-7(5-3-6)11(8,9)10/h1-43H;2*2-5H,1H3,(H,8,9,10)/q+1;;/p-1. The van der Waals surface area contributed by atoms with Crippen molar-refractivity contribution >= 4 is 54.7 Å². The summed E-state index contributed by atoms with van der Waals surface area (Å²) < 4.78 is 62.3. The molecule has 1 atom stereocenters. The summed E-state index contributed by atoms with van der Waals surface area (Å²) >= 11 is 3.01. The maximum Gasteiger partial charge on any atom is 0.174 e. The van der Waals surface area contributed by atoms with Crippen LogP contribution in [0.2, 0.25) is 0 Å². The first-order chi connectivity index (χ1) is 41.2. The van der Waals surface area contributed by atoms with Gasteiger partial charge in [-0.3, -0.25) is 0 Å². The molecule has 6 nitrogen and oxygen atoms in total.